The van der Waals surface area contributed by atoms with Crippen molar-refractivity contribution >= 4 is 17.6 Å². The van der Waals surface area contributed by atoms with Gasteiger partial charge in [0.15, 0.2) is 5.78 Å². The summed E-state index contributed by atoms with van der Waals surface area (Å²) in [5, 5.41) is 0. The molecule has 1 saturated carbocycles. The van der Waals surface area contributed by atoms with Crippen molar-refractivity contribution in [2.24, 2.45) is 0 Å². The third-order valence-electron chi connectivity index (χ3n) is 3.41. The van der Waals surface area contributed by atoms with Crippen molar-refractivity contribution in [2.75, 3.05) is 0 Å². The largest absolute Gasteiger partial charge is 0.297 e. The molecule has 1 aromatic carbocycles. The fourth-order valence-corrected chi connectivity index (χ4v) is 2.56. The van der Waals surface area contributed by atoms with Gasteiger partial charge in [-0.25, -0.2) is 0 Å². The Labute approximate surface area is 98.2 Å². The van der Waals surface area contributed by atoms with Gasteiger partial charge < -0.3 is 0 Å². The zero-order valence-electron chi connectivity index (χ0n) is 9.18. The molecule has 0 aromatic heterocycles. The summed E-state index contributed by atoms with van der Waals surface area (Å²) in [4.78, 5) is 37.0. The van der Waals surface area contributed by atoms with Crippen LogP contribution < -0.4 is 0 Å². The van der Waals surface area contributed by atoms with Crippen LogP contribution in [-0.2, 0) is 4.79 Å². The lowest BCUT2D eigenvalue weighted by Gasteiger charge is -2.19. The molecule has 0 radical (unpaired) electrons. The molecule has 4 heteroatoms. The lowest BCUT2D eigenvalue weighted by molar-refractivity contribution is -0.120. The summed E-state index contributed by atoms with van der Waals surface area (Å²) >= 11 is 0. The summed E-state index contributed by atoms with van der Waals surface area (Å²) in [5.74, 6) is -0.656. The maximum absolute atomic E-state index is 12.1. The monoisotopic (exact) mass is 229 g/mol. The molecule has 1 unspecified atom stereocenters. The Morgan fingerprint density at radius 1 is 1.00 bits per heavy atom. The van der Waals surface area contributed by atoms with Gasteiger partial charge in [-0.05, 0) is 25.0 Å². The van der Waals surface area contributed by atoms with Gasteiger partial charge in [0.2, 0.25) is 0 Å². The Bertz CT molecular complexity index is 500. The molecule has 0 saturated heterocycles. The summed E-state index contributed by atoms with van der Waals surface area (Å²) < 4.78 is 0. The Morgan fingerprint density at radius 2 is 1.59 bits per heavy atom. The number of carbonyl (C=O) groups is 3. The molecule has 2 aliphatic rings. The quantitative estimate of drug-likeness (QED) is 0.684. The normalized spacial score (nSPS) is 23.4. The van der Waals surface area contributed by atoms with E-state index in [1.54, 1.807) is 24.3 Å². The number of hydrogen-bond donors (Lipinski definition) is 0. The minimum absolute atomic E-state index is 0.000457. The average Bonchev–Trinajstić information content (AvgIpc) is 2.84. The summed E-state index contributed by atoms with van der Waals surface area (Å²) in [6, 6.07) is 6.18. The van der Waals surface area contributed by atoms with Crippen LogP contribution in [0.15, 0.2) is 24.3 Å². The minimum Gasteiger partial charge on any atom is -0.297 e. The maximum atomic E-state index is 12.1. The van der Waals surface area contributed by atoms with E-state index < -0.39 is 6.04 Å². The molecule has 3 rings (SSSR count). The van der Waals surface area contributed by atoms with Crippen LogP contribution in [0.5, 0.6) is 0 Å². The highest BCUT2D eigenvalue weighted by Gasteiger charge is 2.43. The number of rotatable bonds is 1. The topological polar surface area (TPSA) is 54.5 Å². The zero-order valence-corrected chi connectivity index (χ0v) is 9.18. The van der Waals surface area contributed by atoms with E-state index in [4.69, 9.17) is 0 Å². The maximum Gasteiger partial charge on any atom is 0.262 e. The number of nitrogens with zero attached hydrogens (tertiary/aromatic N) is 1. The van der Waals surface area contributed by atoms with E-state index in [1.165, 1.54) is 0 Å². The second kappa shape index (κ2) is 3.52. The van der Waals surface area contributed by atoms with Gasteiger partial charge in [-0.2, -0.15) is 0 Å². The van der Waals surface area contributed by atoms with Crippen LogP contribution in [0.25, 0.3) is 0 Å². The second-order valence-electron chi connectivity index (χ2n) is 4.40. The average molecular weight is 229 g/mol. The van der Waals surface area contributed by atoms with E-state index >= 15 is 0 Å². The molecule has 1 fully saturated rings. The third-order valence-corrected chi connectivity index (χ3v) is 3.41. The highest BCUT2D eigenvalue weighted by atomic mass is 16.2. The molecule has 1 heterocycles. The van der Waals surface area contributed by atoms with Gasteiger partial charge in [0, 0.05) is 6.42 Å². The van der Waals surface area contributed by atoms with E-state index in [2.05, 4.69) is 0 Å². The van der Waals surface area contributed by atoms with Crippen molar-refractivity contribution in [3.8, 4) is 0 Å². The molecule has 1 aliphatic carbocycles. The van der Waals surface area contributed by atoms with Crippen molar-refractivity contribution in [1.82, 2.24) is 4.90 Å². The first-order valence-electron chi connectivity index (χ1n) is 5.70. The molecule has 17 heavy (non-hydrogen) atoms. The number of ketones is 1. The van der Waals surface area contributed by atoms with Crippen LogP contribution in [0, 0.1) is 0 Å². The molecule has 0 spiro atoms. The number of hydrogen-bond acceptors (Lipinski definition) is 3. The van der Waals surface area contributed by atoms with Gasteiger partial charge in [-0.15, -0.1) is 0 Å². The Kier molecular flexibility index (Phi) is 2.11. The van der Waals surface area contributed by atoms with Crippen LogP contribution >= 0.6 is 0 Å². The Balaban J connectivity index is 2.03. The van der Waals surface area contributed by atoms with Crippen LogP contribution in [0.4, 0.5) is 0 Å². The molecular formula is C13H11NO3. The molecular weight excluding hydrogens is 218 g/mol. The van der Waals surface area contributed by atoms with Gasteiger partial charge in [-0.1, -0.05) is 12.1 Å². The van der Waals surface area contributed by atoms with Crippen LogP contribution in [0.1, 0.15) is 40.0 Å². The molecule has 86 valence electrons. The summed E-state index contributed by atoms with van der Waals surface area (Å²) in [7, 11) is 0. The highest BCUT2D eigenvalue weighted by Crippen LogP contribution is 2.29. The number of benzene rings is 1. The van der Waals surface area contributed by atoms with Gasteiger partial charge in [0.1, 0.15) is 0 Å². The fraction of sp³-hybridized carbons (Fsp3) is 0.308. The summed E-state index contributed by atoms with van der Waals surface area (Å²) in [6.07, 6.45) is 1.83. The second-order valence-corrected chi connectivity index (χ2v) is 4.40. The first-order chi connectivity index (χ1) is 8.20. The van der Waals surface area contributed by atoms with Crippen molar-refractivity contribution in [3.05, 3.63) is 35.4 Å². The van der Waals surface area contributed by atoms with Crippen molar-refractivity contribution in [2.45, 2.75) is 25.3 Å². The highest BCUT2D eigenvalue weighted by molar-refractivity contribution is 6.23. The van der Waals surface area contributed by atoms with E-state index in [9.17, 15) is 14.4 Å². The minimum atomic E-state index is -0.539. The van der Waals surface area contributed by atoms with E-state index in [0.717, 1.165) is 11.3 Å². The Morgan fingerprint density at radius 3 is 2.06 bits per heavy atom. The summed E-state index contributed by atoms with van der Waals surface area (Å²) in [5.41, 5.74) is 0.828. The molecule has 2 amide bonds. The van der Waals surface area contributed by atoms with Crippen LogP contribution in [0.2, 0.25) is 0 Å². The molecule has 1 aromatic rings. The first-order valence-corrected chi connectivity index (χ1v) is 5.70. The van der Waals surface area contributed by atoms with Gasteiger partial charge in [-0.3, -0.25) is 19.3 Å². The van der Waals surface area contributed by atoms with E-state index in [0.29, 0.717) is 24.0 Å². The van der Waals surface area contributed by atoms with Crippen molar-refractivity contribution in [3.63, 3.8) is 0 Å². The van der Waals surface area contributed by atoms with Crippen LogP contribution in [0.3, 0.4) is 0 Å². The fourth-order valence-electron chi connectivity index (χ4n) is 2.56. The predicted octanol–water partition coefficient (Wildman–Crippen LogP) is 1.40. The predicted molar refractivity (Wildman–Crippen MR) is 59.6 cm³/mol. The molecule has 1 atom stereocenters. The van der Waals surface area contributed by atoms with E-state index in [1.807, 2.05) is 0 Å². The lowest BCUT2D eigenvalue weighted by Crippen LogP contribution is -2.42. The van der Waals surface area contributed by atoms with Gasteiger partial charge in [0.05, 0.1) is 17.2 Å². The molecule has 1 aliphatic heterocycles. The van der Waals surface area contributed by atoms with E-state index in [-0.39, 0.29) is 17.6 Å². The number of carbonyl (C=O) groups excluding carboxylic acids is 3. The SMILES string of the molecule is O=C1CCCC1N1C(=O)c2ccccc2C1=O. The standard InChI is InChI=1S/C13H11NO3/c15-11-7-3-6-10(11)14-12(16)8-4-1-2-5-9(8)13(14)17/h1-2,4-5,10H,3,6-7H2. The van der Waals surface area contributed by atoms with Gasteiger partial charge in [0.25, 0.3) is 11.8 Å². The lowest BCUT2D eigenvalue weighted by atomic mass is 10.1. The van der Waals surface area contributed by atoms with Crippen molar-refractivity contribution < 1.29 is 14.4 Å². The number of imide groups is 1. The van der Waals surface area contributed by atoms with Gasteiger partial charge >= 0.3 is 0 Å². The molecule has 0 bridgehead atoms. The smallest absolute Gasteiger partial charge is 0.262 e. The number of Topliss-reactive ketones (excluding diaryl/α,β-unsaturated/α-hetero) is 1. The summed E-state index contributed by atoms with van der Waals surface area (Å²) in [6.45, 7) is 0. The zero-order chi connectivity index (χ0) is 12.0. The molecule has 0 N–H and O–H groups in total. The number of fused-ring (bicyclic) bond motifs is 1. The molecule has 4 nitrogen and oxygen atoms in total. The third kappa shape index (κ3) is 1.33. The first kappa shape index (κ1) is 10.2. The van der Waals surface area contributed by atoms with Crippen molar-refractivity contribution in [1.29, 1.82) is 0 Å². The van der Waals surface area contributed by atoms with Crippen LogP contribution in [-0.4, -0.2) is 28.5 Å². The number of amides is 2. The Hall–Kier alpha value is -1.97.